The first-order valence-corrected chi connectivity index (χ1v) is 6.40. The Labute approximate surface area is 117 Å². The number of nitrogens with zero attached hydrogens (tertiary/aromatic N) is 1. The number of benzene rings is 1. The van der Waals surface area contributed by atoms with Gasteiger partial charge in [-0.15, -0.1) is 0 Å². The third-order valence-electron chi connectivity index (χ3n) is 2.71. The Bertz CT molecular complexity index is 495. The van der Waals surface area contributed by atoms with E-state index in [1.807, 2.05) is 31.2 Å². The number of rotatable bonds is 8. The van der Waals surface area contributed by atoms with Crippen LogP contribution in [0.15, 0.2) is 29.4 Å². The molecule has 0 saturated carbocycles. The van der Waals surface area contributed by atoms with Crippen molar-refractivity contribution >= 4 is 23.3 Å². The van der Waals surface area contributed by atoms with Crippen LogP contribution in [0.5, 0.6) is 0 Å². The van der Waals surface area contributed by atoms with Crippen molar-refractivity contribution in [3.63, 3.8) is 0 Å². The molecule has 0 atom stereocenters. The van der Waals surface area contributed by atoms with Gasteiger partial charge in [-0.3, -0.25) is 15.0 Å². The summed E-state index contributed by atoms with van der Waals surface area (Å²) in [6.07, 6.45) is 1.49. The molecule has 0 unspecified atom stereocenters. The van der Waals surface area contributed by atoms with E-state index in [4.69, 9.17) is 10.8 Å². The van der Waals surface area contributed by atoms with E-state index >= 15 is 0 Å². The van der Waals surface area contributed by atoms with Crippen molar-refractivity contribution in [2.24, 2.45) is 10.8 Å². The molecule has 0 aromatic heterocycles. The smallest absolute Gasteiger partial charge is 0.303 e. The van der Waals surface area contributed by atoms with Crippen LogP contribution in [0.3, 0.4) is 0 Å². The van der Waals surface area contributed by atoms with Gasteiger partial charge in [-0.25, -0.2) is 0 Å². The van der Waals surface area contributed by atoms with E-state index in [1.165, 1.54) is 0 Å². The lowest BCUT2D eigenvalue weighted by Gasteiger charge is -2.04. The number of carbonyl (C=O) groups excluding carboxylic acids is 1. The van der Waals surface area contributed by atoms with Gasteiger partial charge < -0.3 is 10.8 Å². The van der Waals surface area contributed by atoms with Crippen LogP contribution in [0.2, 0.25) is 0 Å². The van der Waals surface area contributed by atoms with Crippen LogP contribution in [0.1, 0.15) is 31.2 Å². The Balaban J connectivity index is 2.52. The van der Waals surface area contributed by atoms with Crippen molar-refractivity contribution in [3.05, 3.63) is 29.8 Å². The minimum atomic E-state index is -0.847. The molecule has 0 heterocycles. The monoisotopic (exact) mass is 277 g/mol. The molecule has 1 aromatic carbocycles. The standard InChI is InChI=1S/C14H19N3O3/c1-10-6-8-11(9-7-10)16-17-12(14(15)20)4-2-3-5-13(18)19/h6-9,16H,2-5H2,1H3,(H2,15,20)(H,18,19)/b17-12-. The van der Waals surface area contributed by atoms with Crippen LogP contribution in [0.4, 0.5) is 5.69 Å². The average molecular weight is 277 g/mol. The number of unbranched alkanes of at least 4 members (excludes halogenated alkanes) is 1. The van der Waals surface area contributed by atoms with Crippen LogP contribution in [0.25, 0.3) is 0 Å². The summed E-state index contributed by atoms with van der Waals surface area (Å²) >= 11 is 0. The molecular formula is C14H19N3O3. The van der Waals surface area contributed by atoms with Crippen LogP contribution in [-0.4, -0.2) is 22.7 Å². The molecule has 0 fully saturated rings. The zero-order valence-corrected chi connectivity index (χ0v) is 11.4. The van der Waals surface area contributed by atoms with Gasteiger partial charge in [0.15, 0.2) is 0 Å². The summed E-state index contributed by atoms with van der Waals surface area (Å²) in [5.74, 6) is -1.44. The zero-order chi connectivity index (χ0) is 15.0. The summed E-state index contributed by atoms with van der Waals surface area (Å²) in [5, 5.41) is 12.5. The number of anilines is 1. The van der Waals surface area contributed by atoms with Crippen LogP contribution in [-0.2, 0) is 9.59 Å². The molecule has 4 N–H and O–H groups in total. The van der Waals surface area contributed by atoms with Crippen molar-refractivity contribution in [1.29, 1.82) is 0 Å². The van der Waals surface area contributed by atoms with Crippen LogP contribution in [0, 0.1) is 6.92 Å². The van der Waals surface area contributed by atoms with Gasteiger partial charge in [0.25, 0.3) is 5.91 Å². The highest BCUT2D eigenvalue weighted by Crippen LogP contribution is 2.09. The molecule has 1 aromatic rings. The van der Waals surface area contributed by atoms with Crippen molar-refractivity contribution in [2.45, 2.75) is 32.6 Å². The van der Waals surface area contributed by atoms with Gasteiger partial charge in [-0.2, -0.15) is 5.10 Å². The highest BCUT2D eigenvalue weighted by Gasteiger charge is 2.07. The molecule has 0 aliphatic carbocycles. The van der Waals surface area contributed by atoms with Gasteiger partial charge in [0, 0.05) is 6.42 Å². The highest BCUT2D eigenvalue weighted by molar-refractivity contribution is 6.38. The van der Waals surface area contributed by atoms with Crippen LogP contribution < -0.4 is 11.2 Å². The number of carboxylic acids is 1. The molecule has 20 heavy (non-hydrogen) atoms. The molecule has 0 radical (unpaired) electrons. The minimum absolute atomic E-state index is 0.0808. The second kappa shape index (κ2) is 7.93. The predicted molar refractivity (Wildman–Crippen MR) is 77.5 cm³/mol. The van der Waals surface area contributed by atoms with E-state index in [0.717, 1.165) is 11.3 Å². The Kier molecular flexibility index (Phi) is 6.22. The Morgan fingerprint density at radius 1 is 1.20 bits per heavy atom. The Morgan fingerprint density at radius 3 is 2.35 bits per heavy atom. The van der Waals surface area contributed by atoms with Crippen molar-refractivity contribution in [2.75, 3.05) is 5.43 Å². The molecule has 0 bridgehead atoms. The molecule has 0 spiro atoms. The van der Waals surface area contributed by atoms with E-state index in [-0.39, 0.29) is 12.1 Å². The third kappa shape index (κ3) is 5.99. The second-order valence-electron chi connectivity index (χ2n) is 4.50. The van der Waals surface area contributed by atoms with Gasteiger partial charge >= 0.3 is 5.97 Å². The zero-order valence-electron chi connectivity index (χ0n) is 11.4. The summed E-state index contributed by atoms with van der Waals surface area (Å²) in [5.41, 5.74) is 10.1. The molecule has 0 saturated heterocycles. The summed E-state index contributed by atoms with van der Waals surface area (Å²) in [6.45, 7) is 1.98. The van der Waals surface area contributed by atoms with Crippen molar-refractivity contribution in [3.8, 4) is 0 Å². The van der Waals surface area contributed by atoms with Gasteiger partial charge in [0.1, 0.15) is 5.71 Å². The SMILES string of the molecule is Cc1ccc(N/N=C(/CCCCC(=O)O)C(N)=O)cc1. The van der Waals surface area contributed by atoms with Crippen LogP contribution >= 0.6 is 0 Å². The topological polar surface area (TPSA) is 105 Å². The lowest BCUT2D eigenvalue weighted by atomic mass is 10.1. The first-order chi connectivity index (χ1) is 9.49. The van der Waals surface area contributed by atoms with E-state index < -0.39 is 11.9 Å². The second-order valence-corrected chi connectivity index (χ2v) is 4.50. The fraction of sp³-hybridized carbons (Fsp3) is 0.357. The molecule has 0 aliphatic heterocycles. The first-order valence-electron chi connectivity index (χ1n) is 6.40. The number of nitrogens with one attached hydrogen (secondary N) is 1. The first kappa shape index (κ1) is 15.7. The number of nitrogens with two attached hydrogens (primary N) is 1. The number of aryl methyl sites for hydroxylation is 1. The van der Waals surface area contributed by atoms with E-state index in [0.29, 0.717) is 19.3 Å². The van der Waals surface area contributed by atoms with Gasteiger partial charge in [-0.05, 0) is 38.3 Å². The molecule has 108 valence electrons. The van der Waals surface area contributed by atoms with Gasteiger partial charge in [-0.1, -0.05) is 17.7 Å². The maximum atomic E-state index is 11.2. The largest absolute Gasteiger partial charge is 0.481 e. The summed E-state index contributed by atoms with van der Waals surface area (Å²) in [7, 11) is 0. The fourth-order valence-electron chi connectivity index (χ4n) is 1.56. The normalized spacial score (nSPS) is 11.2. The molecule has 1 amide bonds. The summed E-state index contributed by atoms with van der Waals surface area (Å²) < 4.78 is 0. The number of carbonyl (C=O) groups is 2. The number of hydrogen-bond acceptors (Lipinski definition) is 4. The molecule has 1 rings (SSSR count). The lowest BCUT2D eigenvalue weighted by molar-refractivity contribution is -0.137. The number of carboxylic acid groups (broad SMARTS) is 1. The third-order valence-corrected chi connectivity index (χ3v) is 2.71. The lowest BCUT2D eigenvalue weighted by Crippen LogP contribution is -2.24. The van der Waals surface area contributed by atoms with Crippen molar-refractivity contribution in [1.82, 2.24) is 0 Å². The number of aliphatic carboxylic acids is 1. The van der Waals surface area contributed by atoms with E-state index in [9.17, 15) is 9.59 Å². The minimum Gasteiger partial charge on any atom is -0.481 e. The van der Waals surface area contributed by atoms with E-state index in [2.05, 4.69) is 10.5 Å². The predicted octanol–water partition coefficient (Wildman–Crippen LogP) is 1.89. The van der Waals surface area contributed by atoms with Gasteiger partial charge in [0.2, 0.25) is 0 Å². The molecule has 6 nitrogen and oxygen atoms in total. The fourth-order valence-corrected chi connectivity index (χ4v) is 1.56. The quantitative estimate of drug-likeness (QED) is 0.383. The highest BCUT2D eigenvalue weighted by atomic mass is 16.4. The average Bonchev–Trinajstić information content (AvgIpc) is 2.39. The maximum absolute atomic E-state index is 11.2. The Morgan fingerprint density at radius 2 is 1.80 bits per heavy atom. The van der Waals surface area contributed by atoms with E-state index in [1.54, 1.807) is 0 Å². The number of hydrazone groups is 1. The number of primary amides is 1. The number of amides is 1. The van der Waals surface area contributed by atoms with Gasteiger partial charge in [0.05, 0.1) is 5.69 Å². The summed E-state index contributed by atoms with van der Waals surface area (Å²) in [4.78, 5) is 21.6. The molecule has 0 aliphatic rings. The molecule has 6 heteroatoms. The number of hydrogen-bond donors (Lipinski definition) is 3. The van der Waals surface area contributed by atoms with Crippen molar-refractivity contribution < 1.29 is 14.7 Å². The Hall–Kier alpha value is -2.37. The summed E-state index contributed by atoms with van der Waals surface area (Å²) in [6, 6.07) is 7.55. The molecular weight excluding hydrogens is 258 g/mol. The maximum Gasteiger partial charge on any atom is 0.303 e.